The molecule has 0 unspecified atom stereocenters. The molecular weight excluding hydrogens is 488 g/mol. The minimum atomic E-state index is -0.462. The van der Waals surface area contributed by atoms with Gasteiger partial charge in [0, 0.05) is 28.2 Å². The molecule has 30 heavy (non-hydrogen) atoms. The maximum atomic E-state index is 12.9. The topological polar surface area (TPSA) is 76.6 Å². The van der Waals surface area contributed by atoms with Crippen molar-refractivity contribution in [2.24, 2.45) is 0 Å². The Morgan fingerprint density at radius 3 is 2.60 bits per heavy atom. The number of nitro groups is 1. The van der Waals surface area contributed by atoms with Crippen LogP contribution in [-0.2, 0) is 4.79 Å². The fourth-order valence-corrected chi connectivity index (χ4v) is 4.63. The van der Waals surface area contributed by atoms with Gasteiger partial charge < -0.3 is 4.42 Å². The van der Waals surface area contributed by atoms with Crippen LogP contribution in [0.15, 0.2) is 68.4 Å². The zero-order valence-electron chi connectivity index (χ0n) is 15.5. The van der Waals surface area contributed by atoms with Crippen molar-refractivity contribution in [1.82, 2.24) is 0 Å². The average Bonchev–Trinajstić information content (AvgIpc) is 3.27. The number of benzene rings is 2. The Morgan fingerprint density at radius 1 is 1.17 bits per heavy atom. The summed E-state index contributed by atoms with van der Waals surface area (Å²) in [6, 6.07) is 15.4. The first kappa shape index (κ1) is 20.5. The number of anilines is 1. The van der Waals surface area contributed by atoms with Gasteiger partial charge in [0.15, 0.2) is 4.32 Å². The summed E-state index contributed by atoms with van der Waals surface area (Å²) in [5, 5.41) is 11.1. The maximum Gasteiger partial charge on any atom is 0.270 e. The number of nitro benzene ring substituents is 1. The highest BCUT2D eigenvalue weighted by Gasteiger charge is 2.33. The summed E-state index contributed by atoms with van der Waals surface area (Å²) < 4.78 is 6.95. The lowest BCUT2D eigenvalue weighted by molar-refractivity contribution is -0.384. The number of furan rings is 1. The van der Waals surface area contributed by atoms with Gasteiger partial charge in [-0.05, 0) is 37.3 Å². The summed E-state index contributed by atoms with van der Waals surface area (Å²) in [6.45, 7) is 1.97. The van der Waals surface area contributed by atoms with E-state index in [2.05, 4.69) is 15.9 Å². The number of nitrogens with zero attached hydrogens (tertiary/aromatic N) is 2. The van der Waals surface area contributed by atoms with Crippen LogP contribution in [0.2, 0.25) is 0 Å². The summed E-state index contributed by atoms with van der Waals surface area (Å²) in [4.78, 5) is 25.4. The molecule has 0 radical (unpaired) electrons. The lowest BCUT2D eigenvalue weighted by Gasteiger charge is -2.14. The number of thioether (sulfide) groups is 1. The Bertz CT molecular complexity index is 1220. The number of carbonyl (C=O) groups excluding carboxylic acids is 1. The summed E-state index contributed by atoms with van der Waals surface area (Å²) >= 11 is 9.98. The third kappa shape index (κ3) is 3.96. The Kier molecular flexibility index (Phi) is 5.59. The van der Waals surface area contributed by atoms with E-state index in [4.69, 9.17) is 16.6 Å². The van der Waals surface area contributed by atoms with Crippen LogP contribution in [0.1, 0.15) is 11.3 Å². The van der Waals surface area contributed by atoms with Gasteiger partial charge >= 0.3 is 0 Å². The highest BCUT2D eigenvalue weighted by atomic mass is 79.9. The Morgan fingerprint density at radius 2 is 1.90 bits per heavy atom. The van der Waals surface area contributed by atoms with Crippen molar-refractivity contribution in [3.05, 3.63) is 85.4 Å². The molecule has 0 aliphatic carbocycles. The molecule has 2 aromatic carbocycles. The third-order valence-electron chi connectivity index (χ3n) is 4.41. The number of hydrogen-bond donors (Lipinski definition) is 0. The monoisotopic (exact) mass is 500 g/mol. The van der Waals surface area contributed by atoms with E-state index in [0.29, 0.717) is 36.5 Å². The number of aryl methyl sites for hydroxylation is 1. The van der Waals surface area contributed by atoms with Gasteiger partial charge in [0.1, 0.15) is 11.5 Å². The van der Waals surface area contributed by atoms with Crippen LogP contribution in [0.5, 0.6) is 0 Å². The van der Waals surface area contributed by atoms with Gasteiger partial charge in [0.2, 0.25) is 0 Å². The van der Waals surface area contributed by atoms with Gasteiger partial charge in [-0.2, -0.15) is 0 Å². The second-order valence-electron chi connectivity index (χ2n) is 6.48. The number of hydrogen-bond acceptors (Lipinski definition) is 6. The molecular formula is C21H13BrN2O4S2. The Labute approximate surface area is 189 Å². The SMILES string of the molecule is Cc1ccc(N2C(=O)/C(=C/c3ccc(-c4cc([N+](=O)[O-])ccc4Br)o3)SC2=S)cc1. The molecule has 0 saturated carbocycles. The maximum absolute atomic E-state index is 12.9. The van der Waals surface area contributed by atoms with Gasteiger partial charge in [0.25, 0.3) is 11.6 Å². The zero-order chi connectivity index (χ0) is 21.4. The highest BCUT2D eigenvalue weighted by Crippen LogP contribution is 2.37. The number of non-ortho nitro benzene ring substituents is 1. The molecule has 1 aliphatic rings. The number of carbonyl (C=O) groups is 1. The molecule has 1 aromatic heterocycles. The van der Waals surface area contributed by atoms with E-state index in [0.717, 1.165) is 5.56 Å². The molecule has 9 heteroatoms. The van der Waals surface area contributed by atoms with Crippen molar-refractivity contribution in [3.63, 3.8) is 0 Å². The van der Waals surface area contributed by atoms with Crippen molar-refractivity contribution in [3.8, 4) is 11.3 Å². The smallest absolute Gasteiger partial charge is 0.270 e. The molecule has 1 amide bonds. The first-order valence-corrected chi connectivity index (χ1v) is 10.7. The van der Waals surface area contributed by atoms with Crippen LogP contribution in [-0.4, -0.2) is 15.2 Å². The van der Waals surface area contributed by atoms with Crippen LogP contribution in [0.4, 0.5) is 11.4 Å². The fraction of sp³-hybridized carbons (Fsp3) is 0.0476. The molecule has 4 rings (SSSR count). The first-order valence-electron chi connectivity index (χ1n) is 8.72. The highest BCUT2D eigenvalue weighted by molar-refractivity contribution is 9.10. The normalized spacial score (nSPS) is 15.3. The number of amides is 1. The Hall–Kier alpha value is -2.75. The number of halogens is 1. The van der Waals surface area contributed by atoms with Crippen LogP contribution in [0, 0.1) is 17.0 Å². The lowest BCUT2D eigenvalue weighted by Crippen LogP contribution is -2.27. The molecule has 0 spiro atoms. The fourth-order valence-electron chi connectivity index (χ4n) is 2.90. The lowest BCUT2D eigenvalue weighted by atomic mass is 10.1. The molecule has 0 N–H and O–H groups in total. The largest absolute Gasteiger partial charge is 0.457 e. The minimum absolute atomic E-state index is 0.0369. The molecule has 150 valence electrons. The molecule has 1 aliphatic heterocycles. The van der Waals surface area contributed by atoms with Crippen molar-refractivity contribution in [1.29, 1.82) is 0 Å². The molecule has 0 bridgehead atoms. The van der Waals surface area contributed by atoms with Crippen LogP contribution in [0.3, 0.4) is 0 Å². The van der Waals surface area contributed by atoms with Crippen LogP contribution < -0.4 is 4.90 Å². The van der Waals surface area contributed by atoms with Crippen LogP contribution >= 0.6 is 39.9 Å². The predicted octanol–water partition coefficient (Wildman–Crippen LogP) is 6.33. The van der Waals surface area contributed by atoms with E-state index in [1.807, 2.05) is 31.2 Å². The minimum Gasteiger partial charge on any atom is -0.457 e. The molecule has 1 saturated heterocycles. The molecule has 1 fully saturated rings. The van der Waals surface area contributed by atoms with Gasteiger partial charge in [-0.25, -0.2) is 0 Å². The zero-order valence-corrected chi connectivity index (χ0v) is 18.7. The standard InChI is InChI=1S/C21H13BrN2O4S2/c1-12-2-4-13(5-3-12)23-20(25)19(30-21(23)29)11-15-7-9-18(28-15)16-10-14(24(26)27)6-8-17(16)22/h2-11H,1H3/b19-11-. The average molecular weight is 501 g/mol. The van der Waals surface area contributed by atoms with E-state index in [1.165, 1.54) is 28.8 Å². The summed E-state index contributed by atoms with van der Waals surface area (Å²) in [5.41, 5.74) is 2.32. The summed E-state index contributed by atoms with van der Waals surface area (Å²) in [6.07, 6.45) is 1.63. The Balaban J connectivity index is 1.63. The second-order valence-corrected chi connectivity index (χ2v) is 9.01. The van der Waals surface area contributed by atoms with Crippen molar-refractivity contribution in [2.45, 2.75) is 6.92 Å². The summed E-state index contributed by atoms with van der Waals surface area (Å²) in [7, 11) is 0. The van der Waals surface area contributed by atoms with E-state index in [1.54, 1.807) is 24.3 Å². The summed E-state index contributed by atoms with van der Waals surface area (Å²) in [5.74, 6) is 0.682. The molecule has 0 atom stereocenters. The van der Waals surface area contributed by atoms with Gasteiger partial charge in [-0.1, -0.05) is 57.6 Å². The van der Waals surface area contributed by atoms with Crippen molar-refractivity contribution >= 4 is 67.6 Å². The predicted molar refractivity (Wildman–Crippen MR) is 125 cm³/mol. The quantitative estimate of drug-likeness (QED) is 0.180. The number of thiocarbonyl (C=S) groups is 1. The molecule has 2 heterocycles. The van der Waals surface area contributed by atoms with Crippen molar-refractivity contribution < 1.29 is 14.1 Å². The van der Waals surface area contributed by atoms with E-state index < -0.39 is 4.92 Å². The van der Waals surface area contributed by atoms with E-state index in [-0.39, 0.29) is 11.6 Å². The van der Waals surface area contributed by atoms with Crippen molar-refractivity contribution in [2.75, 3.05) is 4.90 Å². The van der Waals surface area contributed by atoms with Gasteiger partial charge in [0.05, 0.1) is 15.5 Å². The third-order valence-corrected chi connectivity index (χ3v) is 6.41. The molecule has 3 aromatic rings. The van der Waals surface area contributed by atoms with Crippen LogP contribution in [0.25, 0.3) is 17.4 Å². The van der Waals surface area contributed by atoms with E-state index >= 15 is 0 Å². The molecule has 6 nitrogen and oxygen atoms in total. The number of rotatable bonds is 4. The van der Waals surface area contributed by atoms with Gasteiger partial charge in [-0.15, -0.1) is 0 Å². The van der Waals surface area contributed by atoms with Gasteiger partial charge in [-0.3, -0.25) is 19.8 Å². The van der Waals surface area contributed by atoms with E-state index in [9.17, 15) is 14.9 Å². The second kappa shape index (κ2) is 8.17. The first-order chi connectivity index (χ1) is 14.3.